The van der Waals surface area contributed by atoms with Crippen LogP contribution in [0.2, 0.25) is 5.02 Å². The Labute approximate surface area is 179 Å². The minimum Gasteiger partial charge on any atom is -0.497 e. The summed E-state index contributed by atoms with van der Waals surface area (Å²) in [6, 6.07) is 25.8. The molecular weight excluding hydrogens is 396 g/mol. The van der Waals surface area contributed by atoms with E-state index < -0.39 is 0 Å². The van der Waals surface area contributed by atoms with E-state index in [0.717, 1.165) is 44.6 Å². The van der Waals surface area contributed by atoms with Crippen molar-refractivity contribution in [2.75, 3.05) is 19.1 Å². The van der Waals surface area contributed by atoms with Crippen molar-refractivity contribution >= 4 is 44.8 Å². The minimum absolute atomic E-state index is 0.587. The van der Waals surface area contributed by atoms with Gasteiger partial charge in [0.25, 0.3) is 0 Å². The Morgan fingerprint density at radius 3 is 2.30 bits per heavy atom. The number of methoxy groups -OCH3 is 1. The number of ether oxygens (including phenoxy) is 1. The van der Waals surface area contributed by atoms with E-state index in [1.165, 1.54) is 0 Å². The summed E-state index contributed by atoms with van der Waals surface area (Å²) in [6.45, 7) is 0. The molecule has 0 spiro atoms. The van der Waals surface area contributed by atoms with E-state index in [1.54, 1.807) is 7.11 Å². The van der Waals surface area contributed by atoms with Crippen LogP contribution >= 0.6 is 11.6 Å². The topological polar surface area (TPSA) is 38.5 Å². The number of aromatic nitrogens is 1. The molecule has 30 heavy (non-hydrogen) atoms. The summed E-state index contributed by atoms with van der Waals surface area (Å²) in [5, 5.41) is 2.87. The Kier molecular flexibility index (Phi) is 4.57. The zero-order valence-electron chi connectivity index (χ0n) is 16.6. The molecule has 0 N–H and O–H groups in total. The Morgan fingerprint density at radius 2 is 1.60 bits per heavy atom. The third-order valence-corrected chi connectivity index (χ3v) is 5.54. The molecule has 4 aromatic carbocycles. The first kappa shape index (κ1) is 18.5. The predicted octanol–water partition coefficient (Wildman–Crippen LogP) is 7.08. The lowest BCUT2D eigenvalue weighted by Crippen LogP contribution is -2.09. The lowest BCUT2D eigenvalue weighted by molar-refractivity contribution is 0.415. The second kappa shape index (κ2) is 7.39. The zero-order valence-corrected chi connectivity index (χ0v) is 17.4. The van der Waals surface area contributed by atoms with Gasteiger partial charge in [-0.15, -0.1) is 0 Å². The van der Waals surface area contributed by atoms with Crippen LogP contribution in [0.5, 0.6) is 5.75 Å². The number of fused-ring (bicyclic) bond motifs is 3. The molecular formula is C25H19ClN2O2. The Balaban J connectivity index is 1.68. The second-order valence-corrected chi connectivity index (χ2v) is 7.51. The maximum absolute atomic E-state index is 6.18. The summed E-state index contributed by atoms with van der Waals surface area (Å²) in [7, 11) is 3.69. The van der Waals surface area contributed by atoms with Crippen molar-refractivity contribution in [2.24, 2.45) is 0 Å². The summed E-state index contributed by atoms with van der Waals surface area (Å²) in [5.41, 5.74) is 4.58. The van der Waals surface area contributed by atoms with Crippen molar-refractivity contribution in [3.05, 3.63) is 83.9 Å². The zero-order chi connectivity index (χ0) is 20.7. The molecule has 1 heterocycles. The van der Waals surface area contributed by atoms with Gasteiger partial charge in [0, 0.05) is 40.2 Å². The van der Waals surface area contributed by atoms with Crippen molar-refractivity contribution in [1.82, 2.24) is 4.98 Å². The molecule has 0 aliphatic carbocycles. The third kappa shape index (κ3) is 3.15. The minimum atomic E-state index is 0.587. The van der Waals surface area contributed by atoms with Gasteiger partial charge in [0.05, 0.1) is 12.8 Å². The van der Waals surface area contributed by atoms with Gasteiger partial charge in [-0.05, 0) is 48.5 Å². The van der Waals surface area contributed by atoms with Crippen molar-refractivity contribution < 1.29 is 9.15 Å². The van der Waals surface area contributed by atoms with E-state index in [2.05, 4.69) is 17.0 Å². The van der Waals surface area contributed by atoms with Gasteiger partial charge in [-0.1, -0.05) is 35.9 Å². The fourth-order valence-corrected chi connectivity index (χ4v) is 3.80. The molecule has 0 saturated heterocycles. The largest absolute Gasteiger partial charge is 0.497 e. The summed E-state index contributed by atoms with van der Waals surface area (Å²) in [6.07, 6.45) is 0. The van der Waals surface area contributed by atoms with Crippen LogP contribution in [0.15, 0.2) is 83.3 Å². The third-order valence-electron chi connectivity index (χ3n) is 5.29. The molecule has 0 amide bonds. The number of hydrogen-bond donors (Lipinski definition) is 0. The van der Waals surface area contributed by atoms with Gasteiger partial charge in [-0.3, -0.25) is 0 Å². The Bertz CT molecular complexity index is 1340. The van der Waals surface area contributed by atoms with Crippen molar-refractivity contribution in [3.63, 3.8) is 0 Å². The molecule has 5 aromatic rings. The second-order valence-electron chi connectivity index (χ2n) is 7.07. The SMILES string of the molecule is COc1ccc(-c2nc3c(cc(N(C)c4ccc(Cl)cc4)c4ccccc43)o2)cc1. The first-order valence-electron chi connectivity index (χ1n) is 9.60. The van der Waals surface area contributed by atoms with E-state index >= 15 is 0 Å². The number of hydrogen-bond acceptors (Lipinski definition) is 4. The summed E-state index contributed by atoms with van der Waals surface area (Å²) in [4.78, 5) is 6.94. The fraction of sp³-hybridized carbons (Fsp3) is 0.0800. The summed E-state index contributed by atoms with van der Waals surface area (Å²) >= 11 is 6.07. The van der Waals surface area contributed by atoms with Crippen LogP contribution < -0.4 is 9.64 Å². The van der Waals surface area contributed by atoms with E-state index in [4.69, 9.17) is 25.7 Å². The molecule has 0 saturated carbocycles. The maximum atomic E-state index is 6.18. The molecule has 0 atom stereocenters. The molecule has 0 bridgehead atoms. The maximum Gasteiger partial charge on any atom is 0.227 e. The van der Waals surface area contributed by atoms with Gasteiger partial charge in [-0.25, -0.2) is 4.98 Å². The van der Waals surface area contributed by atoms with E-state index in [1.807, 2.05) is 73.8 Å². The van der Waals surface area contributed by atoms with Gasteiger partial charge in [0.1, 0.15) is 11.3 Å². The van der Waals surface area contributed by atoms with Crippen molar-refractivity contribution in [3.8, 4) is 17.2 Å². The number of nitrogens with zero attached hydrogens (tertiary/aromatic N) is 2. The smallest absolute Gasteiger partial charge is 0.227 e. The number of halogens is 1. The van der Waals surface area contributed by atoms with Crippen LogP contribution in [-0.2, 0) is 0 Å². The highest BCUT2D eigenvalue weighted by molar-refractivity contribution is 6.30. The van der Waals surface area contributed by atoms with Gasteiger partial charge >= 0.3 is 0 Å². The first-order valence-corrected chi connectivity index (χ1v) is 9.98. The number of rotatable bonds is 4. The molecule has 148 valence electrons. The highest BCUT2D eigenvalue weighted by Crippen LogP contribution is 2.38. The highest BCUT2D eigenvalue weighted by Gasteiger charge is 2.17. The molecule has 4 nitrogen and oxygen atoms in total. The quantitative estimate of drug-likeness (QED) is 0.315. The van der Waals surface area contributed by atoms with E-state index in [9.17, 15) is 0 Å². The Morgan fingerprint density at radius 1 is 0.900 bits per heavy atom. The lowest BCUT2D eigenvalue weighted by Gasteiger charge is -2.21. The highest BCUT2D eigenvalue weighted by atomic mass is 35.5. The molecule has 0 unspecified atom stereocenters. The standard InChI is InChI=1S/C25H19ClN2O2/c1-28(18-11-9-17(26)10-12-18)22-15-23-24(21-6-4-3-5-20(21)22)27-25(30-23)16-7-13-19(29-2)14-8-16/h3-15H,1-2H3. The van der Waals surface area contributed by atoms with Gasteiger partial charge in [0.2, 0.25) is 5.89 Å². The van der Waals surface area contributed by atoms with Crippen LogP contribution in [0.4, 0.5) is 11.4 Å². The van der Waals surface area contributed by atoms with Crippen LogP contribution in [0.1, 0.15) is 0 Å². The van der Waals surface area contributed by atoms with Crippen molar-refractivity contribution in [1.29, 1.82) is 0 Å². The monoisotopic (exact) mass is 414 g/mol. The lowest BCUT2D eigenvalue weighted by atomic mass is 10.1. The van der Waals surface area contributed by atoms with Crippen LogP contribution in [0, 0.1) is 0 Å². The number of benzene rings is 4. The average molecular weight is 415 g/mol. The predicted molar refractivity (Wildman–Crippen MR) is 123 cm³/mol. The van der Waals surface area contributed by atoms with Gasteiger partial charge in [0.15, 0.2) is 5.58 Å². The van der Waals surface area contributed by atoms with E-state index in [0.29, 0.717) is 10.9 Å². The average Bonchev–Trinajstić information content (AvgIpc) is 3.23. The summed E-state index contributed by atoms with van der Waals surface area (Å²) in [5.74, 6) is 1.39. The molecule has 5 rings (SSSR count). The first-order chi connectivity index (χ1) is 14.6. The summed E-state index contributed by atoms with van der Waals surface area (Å²) < 4.78 is 11.4. The number of anilines is 2. The Hall–Kier alpha value is -3.50. The van der Waals surface area contributed by atoms with Gasteiger partial charge in [-0.2, -0.15) is 0 Å². The molecule has 5 heteroatoms. The van der Waals surface area contributed by atoms with Crippen LogP contribution in [0.3, 0.4) is 0 Å². The molecule has 0 radical (unpaired) electrons. The molecule has 1 aromatic heterocycles. The molecule has 0 fully saturated rings. The molecule has 0 aliphatic rings. The van der Waals surface area contributed by atoms with Crippen LogP contribution in [-0.4, -0.2) is 19.1 Å². The van der Waals surface area contributed by atoms with Crippen LogP contribution in [0.25, 0.3) is 33.3 Å². The van der Waals surface area contributed by atoms with E-state index in [-0.39, 0.29) is 0 Å². The van der Waals surface area contributed by atoms with Gasteiger partial charge < -0.3 is 14.1 Å². The van der Waals surface area contributed by atoms with Crippen molar-refractivity contribution in [2.45, 2.75) is 0 Å². The normalized spacial score (nSPS) is 11.2. The molecule has 0 aliphatic heterocycles. The fourth-order valence-electron chi connectivity index (χ4n) is 3.68. The number of oxazole rings is 1.